The van der Waals surface area contributed by atoms with Crippen LogP contribution >= 0.6 is 0 Å². The zero-order chi connectivity index (χ0) is 16.5. The molecular weight excluding hydrogens is 294 g/mol. The van der Waals surface area contributed by atoms with Crippen molar-refractivity contribution < 1.29 is 14.4 Å². The van der Waals surface area contributed by atoms with Gasteiger partial charge in [-0.15, -0.1) is 0 Å². The normalized spacial score (nSPS) is 10.6. The Morgan fingerprint density at radius 3 is 2.57 bits per heavy atom. The molecule has 0 amide bonds. The van der Waals surface area contributed by atoms with E-state index in [1.807, 2.05) is 36.4 Å². The Kier molecular flexibility index (Phi) is 5.80. The maximum Gasteiger partial charge on any atom is 0.350 e. The maximum atomic E-state index is 11.9. The van der Waals surface area contributed by atoms with Crippen LogP contribution in [0.2, 0.25) is 0 Å². The van der Waals surface area contributed by atoms with Crippen LogP contribution in [0.15, 0.2) is 66.0 Å². The van der Waals surface area contributed by atoms with E-state index in [0.717, 1.165) is 5.56 Å². The van der Waals surface area contributed by atoms with E-state index >= 15 is 0 Å². The molecule has 0 saturated carbocycles. The highest BCUT2D eigenvalue weighted by Crippen LogP contribution is 2.27. The van der Waals surface area contributed by atoms with Crippen LogP contribution in [-0.2, 0) is 16.2 Å². The summed E-state index contributed by atoms with van der Waals surface area (Å²) in [6.45, 7) is 2.07. The number of hydrogen-bond donors (Lipinski definition) is 0. The lowest BCUT2D eigenvalue weighted by atomic mass is 10.0. The van der Waals surface area contributed by atoms with Crippen LogP contribution in [0.5, 0.6) is 5.75 Å². The Morgan fingerprint density at radius 1 is 1.17 bits per heavy atom. The minimum atomic E-state index is -0.735. The molecule has 0 aromatic heterocycles. The summed E-state index contributed by atoms with van der Waals surface area (Å²) in [5, 5.41) is 2.84. The summed E-state index contributed by atoms with van der Waals surface area (Å²) in [4.78, 5) is 18.8. The van der Waals surface area contributed by atoms with Gasteiger partial charge in [0.05, 0.1) is 5.57 Å². The lowest BCUT2D eigenvalue weighted by Crippen LogP contribution is -2.05. The van der Waals surface area contributed by atoms with Crippen molar-refractivity contribution in [1.82, 2.24) is 0 Å². The fourth-order valence-electron chi connectivity index (χ4n) is 2.04. The van der Waals surface area contributed by atoms with Gasteiger partial charge >= 0.3 is 5.97 Å². The van der Waals surface area contributed by atoms with E-state index in [1.54, 1.807) is 31.2 Å². The third kappa shape index (κ3) is 4.36. The van der Waals surface area contributed by atoms with Crippen LogP contribution in [0.1, 0.15) is 18.1 Å². The molecule has 2 aromatic carbocycles. The fraction of sp³-hybridized carbons (Fsp3) is 0.118. The predicted molar refractivity (Wildman–Crippen MR) is 86.1 cm³/mol. The fourth-order valence-corrected chi connectivity index (χ4v) is 2.04. The largest absolute Gasteiger partial charge is 0.488 e. The average molecular weight is 309 g/mol. The summed E-state index contributed by atoms with van der Waals surface area (Å²) in [6.07, 6.45) is 1.58. The highest BCUT2D eigenvalue weighted by atomic mass is 16.7. The van der Waals surface area contributed by atoms with Crippen molar-refractivity contribution in [3.8, 4) is 5.75 Å². The first-order valence-electron chi connectivity index (χ1n) is 6.94. The second-order valence-corrected chi connectivity index (χ2v) is 4.52. The number of ether oxygens (including phenoxy) is 1. The van der Waals surface area contributed by atoms with Gasteiger partial charge in [-0.3, -0.25) is 0 Å². The van der Waals surface area contributed by atoms with Crippen LogP contribution in [-0.4, -0.2) is 5.97 Å². The van der Waals surface area contributed by atoms with Gasteiger partial charge in [-0.25, -0.2) is 4.79 Å². The van der Waals surface area contributed by atoms with Gasteiger partial charge in [0.15, 0.2) is 0 Å². The standard InChI is InChI=1S/C17H15N3O3/c1-2-14(17(21)23-20-19-18)15-10-6-7-11-16(15)22-12-13-8-4-3-5-9-13/h2-11H,12H2,1H3. The molecule has 0 saturated heterocycles. The topological polar surface area (TPSA) is 84.3 Å². The van der Waals surface area contributed by atoms with Gasteiger partial charge in [-0.2, -0.15) is 0 Å². The van der Waals surface area contributed by atoms with Crippen molar-refractivity contribution in [1.29, 1.82) is 0 Å². The summed E-state index contributed by atoms with van der Waals surface area (Å²) in [7, 11) is 0. The summed E-state index contributed by atoms with van der Waals surface area (Å²) in [5.74, 6) is -0.191. The second kappa shape index (κ2) is 8.26. The molecular formula is C17H15N3O3. The van der Waals surface area contributed by atoms with Gasteiger partial charge in [0, 0.05) is 10.5 Å². The molecule has 6 nitrogen and oxygen atoms in total. The molecule has 2 rings (SSSR count). The van der Waals surface area contributed by atoms with E-state index < -0.39 is 5.97 Å². The van der Waals surface area contributed by atoms with Gasteiger partial charge in [-0.1, -0.05) is 54.6 Å². The number of carbonyl (C=O) groups is 1. The number of hydrogen-bond acceptors (Lipinski definition) is 4. The van der Waals surface area contributed by atoms with Gasteiger partial charge in [-0.05, 0) is 24.1 Å². The van der Waals surface area contributed by atoms with Crippen LogP contribution in [0.3, 0.4) is 0 Å². The number of para-hydroxylation sites is 1. The molecule has 0 spiro atoms. The lowest BCUT2D eigenvalue weighted by molar-refractivity contribution is -0.136. The SMILES string of the molecule is CC=C(C(=O)ON=[N+]=[N-])c1ccccc1OCc1ccccc1. The number of rotatable bonds is 6. The molecule has 0 heterocycles. The molecule has 0 atom stereocenters. The monoisotopic (exact) mass is 309 g/mol. The number of carbonyl (C=O) groups excluding carboxylic acids is 1. The first kappa shape index (κ1) is 16.1. The second-order valence-electron chi connectivity index (χ2n) is 4.52. The molecule has 0 bridgehead atoms. The molecule has 23 heavy (non-hydrogen) atoms. The number of benzene rings is 2. The molecule has 2 aromatic rings. The third-order valence-corrected chi connectivity index (χ3v) is 3.08. The number of allylic oxidation sites excluding steroid dienone is 1. The first-order valence-corrected chi connectivity index (χ1v) is 6.94. The van der Waals surface area contributed by atoms with Crippen LogP contribution in [0.4, 0.5) is 0 Å². The highest BCUT2D eigenvalue weighted by molar-refractivity contribution is 6.17. The van der Waals surface area contributed by atoms with Crippen LogP contribution < -0.4 is 4.74 Å². The molecule has 116 valence electrons. The zero-order valence-electron chi connectivity index (χ0n) is 12.5. The predicted octanol–water partition coefficient (Wildman–Crippen LogP) is 4.44. The minimum Gasteiger partial charge on any atom is -0.488 e. The molecule has 0 fully saturated rings. The molecule has 0 radical (unpaired) electrons. The summed E-state index contributed by atoms with van der Waals surface area (Å²) in [5.41, 5.74) is 10.1. The average Bonchev–Trinajstić information content (AvgIpc) is 2.60. The Balaban J connectivity index is 2.22. The molecule has 0 aliphatic heterocycles. The van der Waals surface area contributed by atoms with Crippen molar-refractivity contribution in [2.24, 2.45) is 5.28 Å². The first-order chi connectivity index (χ1) is 11.3. The molecule has 0 aliphatic carbocycles. The van der Waals surface area contributed by atoms with Crippen molar-refractivity contribution in [2.45, 2.75) is 13.5 Å². The summed E-state index contributed by atoms with van der Waals surface area (Å²) >= 11 is 0. The summed E-state index contributed by atoms with van der Waals surface area (Å²) < 4.78 is 5.81. The van der Waals surface area contributed by atoms with E-state index in [-0.39, 0.29) is 5.57 Å². The van der Waals surface area contributed by atoms with Crippen molar-refractivity contribution in [3.05, 3.63) is 82.2 Å². The Bertz CT molecular complexity index is 751. The minimum absolute atomic E-state index is 0.265. The van der Waals surface area contributed by atoms with E-state index in [4.69, 9.17) is 10.3 Å². The zero-order valence-corrected chi connectivity index (χ0v) is 12.5. The van der Waals surface area contributed by atoms with Gasteiger partial charge in [0.1, 0.15) is 17.6 Å². The summed E-state index contributed by atoms with van der Waals surface area (Å²) in [6, 6.07) is 16.8. The van der Waals surface area contributed by atoms with E-state index in [2.05, 4.69) is 15.0 Å². The van der Waals surface area contributed by atoms with Crippen LogP contribution in [0, 0.1) is 0 Å². The van der Waals surface area contributed by atoms with Crippen molar-refractivity contribution >= 4 is 11.5 Å². The van der Waals surface area contributed by atoms with E-state index in [1.165, 1.54) is 0 Å². The maximum absolute atomic E-state index is 11.9. The Morgan fingerprint density at radius 2 is 1.87 bits per heavy atom. The lowest BCUT2D eigenvalue weighted by Gasteiger charge is -2.12. The molecule has 0 unspecified atom stereocenters. The van der Waals surface area contributed by atoms with Gasteiger partial charge in [0.2, 0.25) is 0 Å². The van der Waals surface area contributed by atoms with Gasteiger partial charge in [0.25, 0.3) is 0 Å². The Hall–Kier alpha value is -3.24. The van der Waals surface area contributed by atoms with Crippen molar-refractivity contribution in [3.63, 3.8) is 0 Å². The van der Waals surface area contributed by atoms with Gasteiger partial charge < -0.3 is 9.57 Å². The van der Waals surface area contributed by atoms with E-state index in [9.17, 15) is 4.79 Å². The third-order valence-electron chi connectivity index (χ3n) is 3.08. The Labute approximate surface area is 133 Å². The smallest absolute Gasteiger partial charge is 0.350 e. The van der Waals surface area contributed by atoms with E-state index in [0.29, 0.717) is 17.9 Å². The quantitative estimate of drug-likeness (QED) is 0.260. The van der Waals surface area contributed by atoms with Crippen molar-refractivity contribution in [2.75, 3.05) is 0 Å². The highest BCUT2D eigenvalue weighted by Gasteiger charge is 2.16. The molecule has 0 aliphatic rings. The van der Waals surface area contributed by atoms with Crippen LogP contribution in [0.25, 0.3) is 16.0 Å². The molecule has 0 N–H and O–H groups in total. The number of azide groups is 1. The number of nitrogens with zero attached hydrogens (tertiary/aromatic N) is 3. The molecule has 6 heteroatoms.